The predicted molar refractivity (Wildman–Crippen MR) is 78.7 cm³/mol. The van der Waals surface area contributed by atoms with Crippen LogP contribution in [0.2, 0.25) is 10.2 Å². The molecule has 0 fully saturated rings. The summed E-state index contributed by atoms with van der Waals surface area (Å²) in [6.07, 6.45) is 0. The van der Waals surface area contributed by atoms with Crippen molar-refractivity contribution in [1.29, 1.82) is 0 Å². The number of nitrogens with zero attached hydrogens (tertiary/aromatic N) is 4. The number of hydrogen-bond donors (Lipinski definition) is 0. The summed E-state index contributed by atoms with van der Waals surface area (Å²) in [6, 6.07) is 7.24. The second-order valence-electron chi connectivity index (χ2n) is 3.97. The topological polar surface area (TPSA) is 43.1 Å². The van der Waals surface area contributed by atoms with E-state index in [9.17, 15) is 0 Å². The van der Waals surface area contributed by atoms with E-state index in [2.05, 4.69) is 31.1 Å². The van der Waals surface area contributed by atoms with Crippen LogP contribution in [-0.4, -0.2) is 19.6 Å². The van der Waals surface area contributed by atoms with Crippen LogP contribution < -0.4 is 0 Å². The molecule has 4 nitrogen and oxygen atoms in total. The summed E-state index contributed by atoms with van der Waals surface area (Å²) >= 11 is 15.6. The molecule has 0 unspecified atom stereocenters. The van der Waals surface area contributed by atoms with Crippen LogP contribution in [0.15, 0.2) is 28.7 Å². The lowest BCUT2D eigenvalue weighted by atomic mass is 10.2. The minimum atomic E-state index is 0.393. The van der Waals surface area contributed by atoms with Crippen LogP contribution in [-0.2, 0) is 0 Å². The molecule has 0 N–H and O–H groups in total. The van der Waals surface area contributed by atoms with E-state index in [1.54, 1.807) is 12.1 Å². The Bertz CT molecular complexity index is 785. The molecular formula is C12H7BrCl2N4. The van der Waals surface area contributed by atoms with E-state index in [0.29, 0.717) is 27.5 Å². The van der Waals surface area contributed by atoms with Crippen molar-refractivity contribution in [1.82, 2.24) is 19.6 Å². The van der Waals surface area contributed by atoms with Crippen LogP contribution in [0.1, 0.15) is 5.82 Å². The highest BCUT2D eigenvalue weighted by Gasteiger charge is 2.14. The Morgan fingerprint density at radius 3 is 2.74 bits per heavy atom. The van der Waals surface area contributed by atoms with Crippen LogP contribution in [0, 0.1) is 6.92 Å². The van der Waals surface area contributed by atoms with Gasteiger partial charge in [-0.1, -0.05) is 39.1 Å². The normalized spacial score (nSPS) is 11.2. The first-order valence-corrected chi connectivity index (χ1v) is 6.95. The maximum absolute atomic E-state index is 6.22. The van der Waals surface area contributed by atoms with Gasteiger partial charge in [0.1, 0.15) is 11.0 Å². The van der Waals surface area contributed by atoms with E-state index in [0.717, 1.165) is 10.0 Å². The van der Waals surface area contributed by atoms with Crippen molar-refractivity contribution in [2.24, 2.45) is 0 Å². The Morgan fingerprint density at radius 2 is 1.95 bits per heavy atom. The van der Waals surface area contributed by atoms with Crippen LogP contribution in [0.4, 0.5) is 0 Å². The summed E-state index contributed by atoms with van der Waals surface area (Å²) in [7, 11) is 0. The van der Waals surface area contributed by atoms with Gasteiger partial charge >= 0.3 is 0 Å². The standard InChI is InChI=1S/C12H7BrCl2N4/c1-6-16-10(15)5-11-17-18-12(19(6)11)8-4-7(13)2-3-9(8)14/h2-5H,1H3. The van der Waals surface area contributed by atoms with Crippen LogP contribution in [0.25, 0.3) is 17.0 Å². The van der Waals surface area contributed by atoms with Gasteiger partial charge in [0.05, 0.1) is 5.02 Å². The van der Waals surface area contributed by atoms with E-state index >= 15 is 0 Å². The van der Waals surface area contributed by atoms with Gasteiger partial charge in [-0.3, -0.25) is 4.40 Å². The van der Waals surface area contributed by atoms with Gasteiger partial charge in [-0.15, -0.1) is 10.2 Å². The first-order valence-electron chi connectivity index (χ1n) is 5.40. The first-order chi connectivity index (χ1) is 9.06. The molecular weight excluding hydrogens is 351 g/mol. The molecule has 0 aliphatic carbocycles. The third kappa shape index (κ3) is 2.22. The van der Waals surface area contributed by atoms with Gasteiger partial charge in [0.15, 0.2) is 11.5 Å². The van der Waals surface area contributed by atoms with Crippen molar-refractivity contribution in [2.45, 2.75) is 6.92 Å². The first kappa shape index (κ1) is 12.8. The lowest BCUT2D eigenvalue weighted by Crippen LogP contribution is -1.98. The Hall–Kier alpha value is -1.17. The van der Waals surface area contributed by atoms with Gasteiger partial charge in [0, 0.05) is 16.1 Å². The number of aromatic nitrogens is 4. The minimum Gasteiger partial charge on any atom is -0.263 e. The second kappa shape index (κ2) is 4.74. The van der Waals surface area contributed by atoms with Crippen molar-refractivity contribution in [3.63, 3.8) is 0 Å². The summed E-state index contributed by atoms with van der Waals surface area (Å²) < 4.78 is 2.74. The molecule has 7 heteroatoms. The van der Waals surface area contributed by atoms with Crippen molar-refractivity contribution in [2.75, 3.05) is 0 Å². The Kier molecular flexibility index (Phi) is 3.20. The van der Waals surface area contributed by atoms with Crippen LogP contribution in [0.3, 0.4) is 0 Å². The molecule has 0 bridgehead atoms. The number of benzene rings is 1. The summed E-state index contributed by atoms with van der Waals surface area (Å²) in [6.45, 7) is 1.84. The van der Waals surface area contributed by atoms with Crippen molar-refractivity contribution < 1.29 is 0 Å². The quantitative estimate of drug-likeness (QED) is 0.614. The fraction of sp³-hybridized carbons (Fsp3) is 0.0833. The maximum Gasteiger partial charge on any atom is 0.171 e. The summed E-state index contributed by atoms with van der Waals surface area (Å²) in [5.74, 6) is 1.35. The van der Waals surface area contributed by atoms with E-state index < -0.39 is 0 Å². The molecule has 0 saturated carbocycles. The van der Waals surface area contributed by atoms with Gasteiger partial charge in [-0.25, -0.2) is 4.98 Å². The van der Waals surface area contributed by atoms with Crippen molar-refractivity contribution >= 4 is 44.8 Å². The minimum absolute atomic E-state index is 0.393. The van der Waals surface area contributed by atoms with Gasteiger partial charge in [0.2, 0.25) is 0 Å². The van der Waals surface area contributed by atoms with Crippen LogP contribution >= 0.6 is 39.1 Å². The molecule has 1 aromatic carbocycles. The number of hydrogen-bond acceptors (Lipinski definition) is 3. The van der Waals surface area contributed by atoms with E-state index in [4.69, 9.17) is 23.2 Å². The molecule has 96 valence electrons. The monoisotopic (exact) mass is 356 g/mol. The molecule has 0 spiro atoms. The predicted octanol–water partition coefficient (Wildman–Crippen LogP) is 4.17. The SMILES string of the molecule is Cc1nc(Cl)cc2nnc(-c3cc(Br)ccc3Cl)n12. The Morgan fingerprint density at radius 1 is 1.16 bits per heavy atom. The number of aryl methyl sites for hydroxylation is 1. The average molecular weight is 358 g/mol. The zero-order valence-corrected chi connectivity index (χ0v) is 12.8. The highest BCUT2D eigenvalue weighted by Crippen LogP contribution is 2.30. The van der Waals surface area contributed by atoms with Crippen LogP contribution in [0.5, 0.6) is 0 Å². The smallest absolute Gasteiger partial charge is 0.171 e. The molecule has 0 amide bonds. The number of rotatable bonds is 1. The molecule has 3 rings (SSSR count). The maximum atomic E-state index is 6.22. The molecule has 0 radical (unpaired) electrons. The molecule has 19 heavy (non-hydrogen) atoms. The summed E-state index contributed by atoms with van der Waals surface area (Å²) in [4.78, 5) is 4.21. The van der Waals surface area contributed by atoms with Crippen molar-refractivity contribution in [3.8, 4) is 11.4 Å². The zero-order valence-electron chi connectivity index (χ0n) is 9.73. The van der Waals surface area contributed by atoms with Gasteiger partial charge in [-0.05, 0) is 25.1 Å². The van der Waals surface area contributed by atoms with Gasteiger partial charge in [-0.2, -0.15) is 0 Å². The Labute approximate surface area is 127 Å². The zero-order chi connectivity index (χ0) is 13.6. The van der Waals surface area contributed by atoms with Gasteiger partial charge in [0.25, 0.3) is 0 Å². The third-order valence-electron chi connectivity index (χ3n) is 2.70. The molecule has 0 aliphatic heterocycles. The summed E-state index contributed by atoms with van der Waals surface area (Å²) in [5.41, 5.74) is 1.43. The van der Waals surface area contributed by atoms with E-state index in [1.165, 1.54) is 0 Å². The van der Waals surface area contributed by atoms with Crippen molar-refractivity contribution in [3.05, 3.63) is 44.7 Å². The molecule has 0 aliphatic rings. The van der Waals surface area contributed by atoms with E-state index in [-0.39, 0.29) is 0 Å². The lowest BCUT2D eigenvalue weighted by Gasteiger charge is -2.05. The van der Waals surface area contributed by atoms with E-state index in [1.807, 2.05) is 23.5 Å². The molecule has 3 aromatic rings. The van der Waals surface area contributed by atoms with Gasteiger partial charge < -0.3 is 0 Å². The number of halogens is 3. The molecule has 2 aromatic heterocycles. The fourth-order valence-corrected chi connectivity index (χ4v) is 2.68. The molecule has 0 saturated heterocycles. The highest BCUT2D eigenvalue weighted by atomic mass is 79.9. The largest absolute Gasteiger partial charge is 0.263 e. The summed E-state index contributed by atoms with van der Waals surface area (Å²) in [5, 5.41) is 9.28. The molecule has 0 atom stereocenters. The average Bonchev–Trinajstić information content (AvgIpc) is 2.76. The second-order valence-corrected chi connectivity index (χ2v) is 5.68. The molecule has 2 heterocycles. The fourth-order valence-electron chi connectivity index (χ4n) is 1.90. The highest BCUT2D eigenvalue weighted by molar-refractivity contribution is 9.10. The third-order valence-corrected chi connectivity index (χ3v) is 3.71. The number of fused-ring (bicyclic) bond motifs is 1. The lowest BCUT2D eigenvalue weighted by molar-refractivity contribution is 0.988. The Balaban J connectivity index is 2.34.